The van der Waals surface area contributed by atoms with Crippen molar-refractivity contribution >= 4 is 23.4 Å². The predicted molar refractivity (Wildman–Crippen MR) is 104 cm³/mol. The third-order valence-corrected chi connectivity index (χ3v) is 6.67. The number of fused-ring (bicyclic) bond motifs is 2. The van der Waals surface area contributed by atoms with Crippen molar-refractivity contribution in [2.75, 3.05) is 11.9 Å². The molecule has 2 aliphatic carbocycles. The lowest BCUT2D eigenvalue weighted by Gasteiger charge is -2.31. The van der Waals surface area contributed by atoms with E-state index in [-0.39, 0.29) is 36.1 Å². The quantitative estimate of drug-likeness (QED) is 0.790. The van der Waals surface area contributed by atoms with Gasteiger partial charge in [-0.1, -0.05) is 19.3 Å². The molecule has 154 valence electrons. The molecule has 0 aromatic heterocycles. The summed E-state index contributed by atoms with van der Waals surface area (Å²) in [5.41, 5.74) is 0.571. The smallest absolute Gasteiger partial charge is 0.251 e. The van der Waals surface area contributed by atoms with Crippen LogP contribution in [-0.2, 0) is 14.4 Å². The van der Waals surface area contributed by atoms with Gasteiger partial charge in [0.25, 0.3) is 5.79 Å². The second-order valence-electron chi connectivity index (χ2n) is 8.65. The van der Waals surface area contributed by atoms with Crippen LogP contribution in [0.1, 0.15) is 57.8 Å². The zero-order valence-electron chi connectivity index (χ0n) is 16.4. The van der Waals surface area contributed by atoms with E-state index in [0.29, 0.717) is 17.2 Å². The summed E-state index contributed by atoms with van der Waals surface area (Å²) in [6, 6.07) is 5.31. The number of likely N-dealkylation sites (tertiary alicyclic amines) is 1. The normalized spacial score (nSPS) is 27.2. The molecule has 0 unspecified atom stereocenters. The number of amides is 3. The molecule has 29 heavy (non-hydrogen) atoms. The Morgan fingerprint density at radius 2 is 1.62 bits per heavy atom. The molecule has 1 aromatic rings. The number of hydrogen-bond donors (Lipinski definition) is 1. The first-order valence-electron chi connectivity index (χ1n) is 10.7. The predicted octanol–water partition coefficient (Wildman–Crippen LogP) is 3.23. The molecule has 7 heteroatoms. The lowest BCUT2D eigenvalue weighted by Crippen LogP contribution is -2.40. The summed E-state index contributed by atoms with van der Waals surface area (Å²) < 4.78 is 12.1. The van der Waals surface area contributed by atoms with E-state index in [4.69, 9.17) is 9.47 Å². The van der Waals surface area contributed by atoms with Crippen LogP contribution in [-0.4, -0.2) is 35.0 Å². The summed E-state index contributed by atoms with van der Waals surface area (Å²) in [5, 5.41) is 2.79. The molecule has 7 nitrogen and oxygen atoms in total. The van der Waals surface area contributed by atoms with Crippen LogP contribution in [0, 0.1) is 11.8 Å². The van der Waals surface area contributed by atoms with E-state index >= 15 is 0 Å². The van der Waals surface area contributed by atoms with Gasteiger partial charge in [-0.25, -0.2) is 0 Å². The second-order valence-corrected chi connectivity index (χ2v) is 8.65. The van der Waals surface area contributed by atoms with Crippen molar-refractivity contribution < 1.29 is 23.9 Å². The van der Waals surface area contributed by atoms with E-state index in [2.05, 4.69) is 5.32 Å². The fourth-order valence-corrected chi connectivity index (χ4v) is 5.20. The summed E-state index contributed by atoms with van der Waals surface area (Å²) in [7, 11) is 0. The van der Waals surface area contributed by atoms with Crippen molar-refractivity contribution in [3.63, 3.8) is 0 Å². The van der Waals surface area contributed by atoms with Crippen LogP contribution in [0.25, 0.3) is 0 Å². The van der Waals surface area contributed by atoms with Crippen LogP contribution in [0.4, 0.5) is 5.69 Å². The fraction of sp³-hybridized carbons (Fsp3) is 0.591. The highest BCUT2D eigenvalue weighted by atomic mass is 16.7. The molecular formula is C22H26N2O5. The molecule has 2 aliphatic heterocycles. The van der Waals surface area contributed by atoms with Gasteiger partial charge in [-0.3, -0.25) is 19.3 Å². The van der Waals surface area contributed by atoms with Gasteiger partial charge < -0.3 is 14.8 Å². The maximum atomic E-state index is 12.6. The molecule has 1 spiro atoms. The van der Waals surface area contributed by atoms with Gasteiger partial charge >= 0.3 is 0 Å². The van der Waals surface area contributed by atoms with Gasteiger partial charge in [-0.15, -0.1) is 0 Å². The topological polar surface area (TPSA) is 84.9 Å². The molecule has 5 rings (SSSR count). The number of nitrogens with one attached hydrogen (secondary N) is 1. The van der Waals surface area contributed by atoms with Gasteiger partial charge in [-0.2, -0.15) is 0 Å². The number of ether oxygens (including phenoxy) is 2. The highest BCUT2D eigenvalue weighted by Gasteiger charge is 2.48. The van der Waals surface area contributed by atoms with Gasteiger partial charge in [0.05, 0.1) is 11.8 Å². The minimum Gasteiger partial charge on any atom is -0.448 e. The van der Waals surface area contributed by atoms with Gasteiger partial charge in [0.15, 0.2) is 11.5 Å². The summed E-state index contributed by atoms with van der Waals surface area (Å²) in [5.74, 6) is -0.477. The van der Waals surface area contributed by atoms with Gasteiger partial charge in [0.2, 0.25) is 17.7 Å². The maximum absolute atomic E-state index is 12.6. The number of carbonyl (C=O) groups excluding carboxylic acids is 3. The Balaban J connectivity index is 1.24. The Kier molecular flexibility index (Phi) is 4.48. The van der Waals surface area contributed by atoms with E-state index < -0.39 is 5.79 Å². The summed E-state index contributed by atoms with van der Waals surface area (Å²) >= 11 is 0. The standard InChI is InChI=1S/C22H26N2O5/c25-19(13-24-20(26)15-6-2-3-7-16(15)21(24)27)23-14-8-9-17-18(12-14)29-22(28-17)10-4-1-5-11-22/h8-9,12,15-16H,1-7,10-11,13H2,(H,23,25)/t15-,16+. The lowest BCUT2D eigenvalue weighted by molar-refractivity contribution is -0.142. The van der Waals surface area contributed by atoms with Crippen LogP contribution >= 0.6 is 0 Å². The number of carbonyl (C=O) groups is 3. The molecule has 0 radical (unpaired) electrons. The fourth-order valence-electron chi connectivity index (χ4n) is 5.20. The molecule has 1 saturated heterocycles. The Morgan fingerprint density at radius 1 is 0.966 bits per heavy atom. The summed E-state index contributed by atoms with van der Waals surface area (Å²) in [4.78, 5) is 38.8. The van der Waals surface area contributed by atoms with E-state index in [1.807, 2.05) is 0 Å². The first kappa shape index (κ1) is 18.5. The van der Waals surface area contributed by atoms with E-state index in [0.717, 1.165) is 56.3 Å². The zero-order chi connectivity index (χ0) is 20.0. The molecule has 0 bridgehead atoms. The van der Waals surface area contributed by atoms with E-state index in [1.54, 1.807) is 18.2 Å². The molecule has 2 heterocycles. The molecule has 2 saturated carbocycles. The van der Waals surface area contributed by atoms with Gasteiger partial charge in [0.1, 0.15) is 6.54 Å². The van der Waals surface area contributed by atoms with Crippen molar-refractivity contribution in [2.24, 2.45) is 11.8 Å². The van der Waals surface area contributed by atoms with Crippen molar-refractivity contribution in [3.8, 4) is 11.5 Å². The highest BCUT2D eigenvalue weighted by Crippen LogP contribution is 2.46. The minimum absolute atomic E-state index is 0.195. The van der Waals surface area contributed by atoms with Crippen LogP contribution in [0.5, 0.6) is 11.5 Å². The first-order valence-corrected chi connectivity index (χ1v) is 10.7. The van der Waals surface area contributed by atoms with Crippen molar-refractivity contribution in [3.05, 3.63) is 18.2 Å². The molecule has 3 fully saturated rings. The van der Waals surface area contributed by atoms with Crippen LogP contribution < -0.4 is 14.8 Å². The van der Waals surface area contributed by atoms with Gasteiger partial charge in [-0.05, 0) is 37.8 Å². The Labute approximate surface area is 169 Å². The Hall–Kier alpha value is -2.57. The SMILES string of the molecule is O=C(CN1C(=O)[C@H]2CCCC[C@H]2C1=O)Nc1ccc2c(c1)OC1(CCCCC1)O2. The highest BCUT2D eigenvalue weighted by molar-refractivity contribution is 6.08. The average Bonchev–Trinajstić information content (AvgIpc) is 3.18. The van der Waals surface area contributed by atoms with Crippen LogP contribution in [0.3, 0.4) is 0 Å². The third kappa shape index (κ3) is 3.26. The van der Waals surface area contributed by atoms with Crippen molar-refractivity contribution in [1.29, 1.82) is 0 Å². The zero-order valence-corrected chi connectivity index (χ0v) is 16.4. The maximum Gasteiger partial charge on any atom is 0.251 e. The second kappa shape index (κ2) is 7.04. The first-order chi connectivity index (χ1) is 14.0. The third-order valence-electron chi connectivity index (χ3n) is 6.67. The van der Waals surface area contributed by atoms with Gasteiger partial charge in [0, 0.05) is 24.6 Å². The molecule has 3 amide bonds. The number of benzene rings is 1. The number of hydrogen-bond acceptors (Lipinski definition) is 5. The number of imide groups is 1. The Bertz CT molecular complexity index is 837. The number of rotatable bonds is 3. The van der Waals surface area contributed by atoms with E-state index in [1.165, 1.54) is 6.42 Å². The molecular weight excluding hydrogens is 372 g/mol. The molecule has 2 atom stereocenters. The average molecular weight is 398 g/mol. The Morgan fingerprint density at radius 3 is 2.31 bits per heavy atom. The minimum atomic E-state index is -0.562. The summed E-state index contributed by atoms with van der Waals surface area (Å²) in [6.07, 6.45) is 8.53. The van der Waals surface area contributed by atoms with Crippen LogP contribution in [0.2, 0.25) is 0 Å². The summed E-state index contributed by atoms with van der Waals surface area (Å²) in [6.45, 7) is -0.233. The molecule has 1 aromatic carbocycles. The van der Waals surface area contributed by atoms with Crippen LogP contribution in [0.15, 0.2) is 18.2 Å². The van der Waals surface area contributed by atoms with E-state index in [9.17, 15) is 14.4 Å². The largest absolute Gasteiger partial charge is 0.448 e. The number of nitrogens with zero attached hydrogens (tertiary/aromatic N) is 1. The molecule has 1 N–H and O–H groups in total. The monoisotopic (exact) mass is 398 g/mol. The lowest BCUT2D eigenvalue weighted by atomic mass is 9.81. The number of anilines is 1. The molecule has 4 aliphatic rings. The van der Waals surface area contributed by atoms with Crippen molar-refractivity contribution in [1.82, 2.24) is 4.90 Å². The van der Waals surface area contributed by atoms with Crippen molar-refractivity contribution in [2.45, 2.75) is 63.6 Å².